The molecule has 1 fully saturated rings. The molecule has 0 aliphatic carbocycles. The van der Waals surface area contributed by atoms with E-state index in [4.69, 9.17) is 0 Å². The second-order valence-electron chi connectivity index (χ2n) is 8.63. The number of para-hydroxylation sites is 1. The minimum absolute atomic E-state index is 0.0621. The first kappa shape index (κ1) is 20.4. The summed E-state index contributed by atoms with van der Waals surface area (Å²) in [4.78, 5) is 26.4. The summed E-state index contributed by atoms with van der Waals surface area (Å²) in [6.07, 6.45) is 1.77. The van der Waals surface area contributed by atoms with Gasteiger partial charge in [0.05, 0.1) is 4.92 Å². The van der Waals surface area contributed by atoms with Crippen LogP contribution in [0.3, 0.4) is 0 Å². The fraction of sp³-hybridized carbons (Fsp3) is 0.269. The van der Waals surface area contributed by atoms with Crippen molar-refractivity contribution in [2.24, 2.45) is 5.92 Å². The molecule has 1 N–H and O–H groups in total. The van der Waals surface area contributed by atoms with E-state index in [-0.39, 0.29) is 22.4 Å². The van der Waals surface area contributed by atoms with E-state index in [2.05, 4.69) is 28.4 Å². The van der Waals surface area contributed by atoms with Crippen molar-refractivity contribution >= 4 is 17.3 Å². The van der Waals surface area contributed by atoms with Crippen molar-refractivity contribution in [2.45, 2.75) is 18.3 Å². The third-order valence-electron chi connectivity index (χ3n) is 6.94. The molecule has 0 bridgehead atoms. The fourth-order valence-electron chi connectivity index (χ4n) is 5.37. The minimum atomic E-state index is -0.681. The average molecular weight is 428 g/mol. The number of amides is 1. The molecule has 6 heteroatoms. The second kappa shape index (κ2) is 8.20. The van der Waals surface area contributed by atoms with Gasteiger partial charge in [-0.2, -0.15) is 0 Å². The average Bonchev–Trinajstić information content (AvgIpc) is 3.40. The lowest BCUT2D eigenvalue weighted by atomic mass is 9.66. The zero-order chi connectivity index (χ0) is 22.1. The Hall–Kier alpha value is -3.51. The summed E-state index contributed by atoms with van der Waals surface area (Å²) < 4.78 is 0. The summed E-state index contributed by atoms with van der Waals surface area (Å²) in [5.41, 5.74) is 3.54. The van der Waals surface area contributed by atoms with Crippen molar-refractivity contribution < 1.29 is 9.72 Å². The van der Waals surface area contributed by atoms with Gasteiger partial charge in [-0.3, -0.25) is 14.9 Å². The number of nitro benzene ring substituents is 1. The van der Waals surface area contributed by atoms with Crippen LogP contribution in [0.1, 0.15) is 23.1 Å². The smallest absolute Gasteiger partial charge is 0.269 e. The molecule has 162 valence electrons. The van der Waals surface area contributed by atoms with Crippen molar-refractivity contribution in [3.8, 4) is 0 Å². The van der Waals surface area contributed by atoms with E-state index in [0.717, 1.165) is 54.9 Å². The molecule has 2 heterocycles. The van der Waals surface area contributed by atoms with Crippen LogP contribution in [0.5, 0.6) is 0 Å². The lowest BCUT2D eigenvalue weighted by Crippen LogP contribution is -2.44. The van der Waals surface area contributed by atoms with Crippen molar-refractivity contribution in [1.82, 2.24) is 4.90 Å². The van der Waals surface area contributed by atoms with Crippen molar-refractivity contribution in [1.29, 1.82) is 0 Å². The maximum absolute atomic E-state index is 13.5. The Balaban J connectivity index is 1.38. The molecule has 0 radical (unpaired) electrons. The minimum Gasteiger partial charge on any atom is -0.325 e. The summed E-state index contributed by atoms with van der Waals surface area (Å²) in [6.45, 7) is 2.63. The molecule has 3 aromatic carbocycles. The Labute approximate surface area is 187 Å². The predicted molar refractivity (Wildman–Crippen MR) is 124 cm³/mol. The van der Waals surface area contributed by atoms with Gasteiger partial charge in [-0.15, -0.1) is 0 Å². The lowest BCUT2D eigenvalue weighted by molar-refractivity contribution is -0.384. The molecule has 2 aliphatic rings. The summed E-state index contributed by atoms with van der Waals surface area (Å²) in [6, 6.07) is 25.0. The van der Waals surface area contributed by atoms with Crippen LogP contribution in [-0.4, -0.2) is 35.4 Å². The van der Waals surface area contributed by atoms with E-state index < -0.39 is 5.41 Å². The molecule has 2 atom stereocenters. The first-order valence-corrected chi connectivity index (χ1v) is 11.0. The highest BCUT2D eigenvalue weighted by molar-refractivity contribution is 6.09. The molecule has 0 saturated carbocycles. The van der Waals surface area contributed by atoms with Gasteiger partial charge < -0.3 is 10.2 Å². The van der Waals surface area contributed by atoms with Crippen LogP contribution in [0.4, 0.5) is 11.4 Å². The Morgan fingerprint density at radius 1 is 1.00 bits per heavy atom. The number of fused-ring (bicyclic) bond motifs is 1. The summed E-state index contributed by atoms with van der Waals surface area (Å²) in [7, 11) is 0. The molecule has 2 aliphatic heterocycles. The van der Waals surface area contributed by atoms with Gasteiger partial charge in [-0.05, 0) is 48.1 Å². The number of hydrogen-bond acceptors (Lipinski definition) is 4. The monoisotopic (exact) mass is 427 g/mol. The number of benzene rings is 3. The molecule has 1 saturated heterocycles. The zero-order valence-electron chi connectivity index (χ0n) is 17.7. The number of likely N-dealkylation sites (tertiary alicyclic amines) is 1. The normalized spacial score (nSPS) is 22.5. The third kappa shape index (κ3) is 3.37. The van der Waals surface area contributed by atoms with E-state index in [1.54, 1.807) is 12.1 Å². The number of hydrogen-bond donors (Lipinski definition) is 1. The van der Waals surface area contributed by atoms with Crippen LogP contribution in [-0.2, 0) is 16.6 Å². The number of non-ortho nitro benzene ring substituents is 1. The van der Waals surface area contributed by atoms with Crippen LogP contribution < -0.4 is 5.32 Å². The quantitative estimate of drug-likeness (QED) is 0.467. The van der Waals surface area contributed by atoms with Crippen LogP contribution in [0.15, 0.2) is 78.9 Å². The highest BCUT2D eigenvalue weighted by Crippen LogP contribution is 2.50. The van der Waals surface area contributed by atoms with E-state index in [9.17, 15) is 14.9 Å². The topological polar surface area (TPSA) is 75.5 Å². The summed E-state index contributed by atoms with van der Waals surface area (Å²) in [5, 5.41) is 14.0. The number of carbonyl (C=O) groups is 1. The van der Waals surface area contributed by atoms with Gasteiger partial charge in [-0.25, -0.2) is 0 Å². The second-order valence-corrected chi connectivity index (χ2v) is 8.63. The Bertz CT molecular complexity index is 1150. The van der Waals surface area contributed by atoms with Gasteiger partial charge in [0, 0.05) is 30.9 Å². The number of rotatable bonds is 6. The van der Waals surface area contributed by atoms with Crippen molar-refractivity contribution in [2.75, 3.05) is 25.0 Å². The molecule has 32 heavy (non-hydrogen) atoms. The third-order valence-corrected chi connectivity index (χ3v) is 6.94. The maximum Gasteiger partial charge on any atom is 0.269 e. The van der Waals surface area contributed by atoms with E-state index in [1.807, 2.05) is 48.5 Å². The SMILES string of the molecule is O=C1Nc2ccccc2C1(c1ccccc1)[C@@H]1CCN(CCc2ccc([N+](=O)[O-])cc2)C1. The molecule has 3 aromatic rings. The number of nitro groups is 1. The van der Waals surface area contributed by atoms with Crippen LogP contribution in [0, 0.1) is 16.0 Å². The standard InChI is InChI=1S/C26H25N3O3/c30-25-26(20-6-2-1-3-7-20,23-8-4-5-9-24(23)27-25)21-15-17-28(18-21)16-14-19-10-12-22(13-11-19)29(31)32/h1-13,21H,14-18H2,(H,27,30)/t21-,26?/m1/s1. The van der Waals surface area contributed by atoms with Crippen molar-refractivity contribution in [3.05, 3.63) is 106 Å². The van der Waals surface area contributed by atoms with E-state index in [0.29, 0.717) is 0 Å². The first-order chi connectivity index (χ1) is 15.6. The first-order valence-electron chi connectivity index (χ1n) is 11.0. The molecular weight excluding hydrogens is 402 g/mol. The van der Waals surface area contributed by atoms with Gasteiger partial charge in [0.25, 0.3) is 5.69 Å². The number of nitrogens with one attached hydrogen (secondary N) is 1. The van der Waals surface area contributed by atoms with Gasteiger partial charge in [0.2, 0.25) is 5.91 Å². The van der Waals surface area contributed by atoms with Crippen LogP contribution in [0.2, 0.25) is 0 Å². The highest BCUT2D eigenvalue weighted by Gasteiger charge is 2.54. The zero-order valence-corrected chi connectivity index (χ0v) is 17.7. The molecule has 1 amide bonds. The van der Waals surface area contributed by atoms with E-state index >= 15 is 0 Å². The number of nitrogens with zero attached hydrogens (tertiary/aromatic N) is 2. The maximum atomic E-state index is 13.5. The highest BCUT2D eigenvalue weighted by atomic mass is 16.6. The number of carbonyl (C=O) groups excluding carboxylic acids is 1. The largest absolute Gasteiger partial charge is 0.325 e. The van der Waals surface area contributed by atoms with Crippen LogP contribution >= 0.6 is 0 Å². The van der Waals surface area contributed by atoms with Gasteiger partial charge in [0.15, 0.2) is 0 Å². The molecule has 5 rings (SSSR count). The molecule has 1 unspecified atom stereocenters. The Morgan fingerprint density at radius 2 is 1.72 bits per heavy atom. The Morgan fingerprint density at radius 3 is 2.47 bits per heavy atom. The van der Waals surface area contributed by atoms with Crippen LogP contribution in [0.25, 0.3) is 0 Å². The van der Waals surface area contributed by atoms with Gasteiger partial charge in [-0.1, -0.05) is 60.7 Å². The predicted octanol–water partition coefficient (Wildman–Crippen LogP) is 4.40. The fourth-order valence-corrected chi connectivity index (χ4v) is 5.37. The van der Waals surface area contributed by atoms with Gasteiger partial charge in [0.1, 0.15) is 5.41 Å². The summed E-state index contributed by atoms with van der Waals surface area (Å²) in [5.74, 6) is 0.234. The molecule has 0 aromatic heterocycles. The summed E-state index contributed by atoms with van der Waals surface area (Å²) >= 11 is 0. The van der Waals surface area contributed by atoms with E-state index in [1.165, 1.54) is 0 Å². The number of anilines is 1. The molecule has 6 nitrogen and oxygen atoms in total. The molecule has 0 spiro atoms. The Kier molecular flexibility index (Phi) is 5.23. The van der Waals surface area contributed by atoms with Crippen molar-refractivity contribution in [3.63, 3.8) is 0 Å². The van der Waals surface area contributed by atoms with Gasteiger partial charge >= 0.3 is 0 Å². The molecular formula is C26H25N3O3. The lowest BCUT2D eigenvalue weighted by Gasteiger charge is -2.34.